The minimum Gasteiger partial charge on any atom is -0.310 e. The molecule has 0 spiro atoms. The second-order valence-corrected chi connectivity index (χ2v) is 21.0. The van der Waals surface area contributed by atoms with E-state index in [-0.39, 0.29) is 10.8 Å². The van der Waals surface area contributed by atoms with Gasteiger partial charge < -0.3 is 9.80 Å². The fourth-order valence-corrected chi connectivity index (χ4v) is 11.8. The van der Waals surface area contributed by atoms with Crippen LogP contribution in [-0.2, 0) is 10.8 Å². The topological polar surface area (TPSA) is 6.48 Å². The molecule has 13 rings (SSSR count). The summed E-state index contributed by atoms with van der Waals surface area (Å²) in [5.41, 5.74) is 26.7. The van der Waals surface area contributed by atoms with Crippen LogP contribution in [0.1, 0.15) is 49.9 Å². The Bertz CT molecular complexity index is 3400. The van der Waals surface area contributed by atoms with E-state index in [4.69, 9.17) is 0 Å². The van der Waals surface area contributed by atoms with Gasteiger partial charge in [0.05, 0.1) is 0 Å². The number of nitrogens with zero attached hydrogens (tertiary/aromatic N) is 2. The average Bonchev–Trinajstić information content (AvgIpc) is 3.83. The first-order valence-electron chi connectivity index (χ1n) is 25.9. The van der Waals surface area contributed by atoms with E-state index in [0.717, 1.165) is 34.1 Å². The zero-order valence-corrected chi connectivity index (χ0v) is 42.3. The smallest absolute Gasteiger partial charge is 0.0465 e. The zero-order chi connectivity index (χ0) is 50.0. The third-order valence-electron chi connectivity index (χ3n) is 15.9. The van der Waals surface area contributed by atoms with Crippen molar-refractivity contribution in [3.63, 3.8) is 0 Å². The summed E-state index contributed by atoms with van der Waals surface area (Å²) < 4.78 is 0. The molecule has 0 aromatic heterocycles. The van der Waals surface area contributed by atoms with Crippen LogP contribution < -0.4 is 9.80 Å². The van der Waals surface area contributed by atoms with Gasteiger partial charge in [0, 0.05) is 45.0 Å². The number of hydrogen-bond donors (Lipinski definition) is 0. The van der Waals surface area contributed by atoms with Gasteiger partial charge in [-0.3, -0.25) is 0 Å². The Morgan fingerprint density at radius 1 is 0.203 bits per heavy atom. The lowest BCUT2D eigenvalue weighted by Gasteiger charge is -2.28. The molecule has 2 aliphatic rings. The van der Waals surface area contributed by atoms with Crippen molar-refractivity contribution < 1.29 is 0 Å². The fraction of sp³-hybridized carbons (Fsp3) is 0.0833. The van der Waals surface area contributed by atoms with Crippen LogP contribution in [-0.4, -0.2) is 0 Å². The first kappa shape index (κ1) is 44.9. The summed E-state index contributed by atoms with van der Waals surface area (Å²) in [6.45, 7) is 9.65. The summed E-state index contributed by atoms with van der Waals surface area (Å²) in [6.07, 6.45) is 0. The highest BCUT2D eigenvalue weighted by molar-refractivity contribution is 5.93. The van der Waals surface area contributed by atoms with Gasteiger partial charge in [0.1, 0.15) is 0 Å². The molecule has 0 radical (unpaired) electrons. The maximum atomic E-state index is 2.53. The number of fused-ring (bicyclic) bond motifs is 6. The molecular formula is C72H56N2. The molecule has 0 bridgehead atoms. The van der Waals surface area contributed by atoms with E-state index in [2.05, 4.69) is 304 Å². The van der Waals surface area contributed by atoms with Crippen LogP contribution >= 0.6 is 0 Å². The Morgan fingerprint density at radius 3 is 0.676 bits per heavy atom. The highest BCUT2D eigenvalue weighted by atomic mass is 15.1. The zero-order valence-electron chi connectivity index (χ0n) is 42.3. The maximum absolute atomic E-state index is 2.53. The molecule has 2 heteroatoms. The quantitative estimate of drug-likeness (QED) is 0.135. The molecule has 0 unspecified atom stereocenters. The van der Waals surface area contributed by atoms with E-state index in [1.807, 2.05) is 0 Å². The minimum atomic E-state index is -0.239. The average molecular weight is 949 g/mol. The molecule has 11 aromatic rings. The minimum absolute atomic E-state index is 0.239. The van der Waals surface area contributed by atoms with Gasteiger partial charge in [-0.1, -0.05) is 210 Å². The lowest BCUT2D eigenvalue weighted by molar-refractivity contribution is 0.652. The van der Waals surface area contributed by atoms with E-state index in [0.29, 0.717) is 0 Å². The van der Waals surface area contributed by atoms with Gasteiger partial charge >= 0.3 is 0 Å². The van der Waals surface area contributed by atoms with Crippen LogP contribution in [0.3, 0.4) is 0 Å². The molecule has 0 saturated heterocycles. The molecule has 2 aliphatic carbocycles. The van der Waals surface area contributed by atoms with E-state index in [1.165, 1.54) is 89.0 Å². The Morgan fingerprint density at radius 2 is 0.419 bits per heavy atom. The second-order valence-electron chi connectivity index (χ2n) is 21.0. The van der Waals surface area contributed by atoms with Gasteiger partial charge in [-0.2, -0.15) is 0 Å². The Balaban J connectivity index is 0.870. The van der Waals surface area contributed by atoms with Gasteiger partial charge in [-0.15, -0.1) is 0 Å². The maximum Gasteiger partial charge on any atom is 0.0465 e. The van der Waals surface area contributed by atoms with Crippen molar-refractivity contribution in [2.75, 3.05) is 9.80 Å². The monoisotopic (exact) mass is 948 g/mol. The summed E-state index contributed by atoms with van der Waals surface area (Å²) >= 11 is 0. The summed E-state index contributed by atoms with van der Waals surface area (Å²) in [4.78, 5) is 4.83. The van der Waals surface area contributed by atoms with Crippen molar-refractivity contribution >= 4 is 34.1 Å². The molecule has 0 amide bonds. The third-order valence-corrected chi connectivity index (χ3v) is 15.9. The van der Waals surface area contributed by atoms with E-state index >= 15 is 0 Å². The first-order valence-corrected chi connectivity index (χ1v) is 25.9. The summed E-state index contributed by atoms with van der Waals surface area (Å²) in [5.74, 6) is 0. The molecule has 2 nitrogen and oxygen atoms in total. The number of hydrogen-bond acceptors (Lipinski definition) is 2. The molecular weight excluding hydrogens is 893 g/mol. The van der Waals surface area contributed by atoms with Gasteiger partial charge in [0.15, 0.2) is 0 Å². The van der Waals surface area contributed by atoms with Crippen molar-refractivity contribution in [3.8, 4) is 66.8 Å². The first-order chi connectivity index (χ1) is 36.2. The molecule has 0 atom stereocenters. The van der Waals surface area contributed by atoms with Crippen LogP contribution in [0.4, 0.5) is 34.1 Å². The van der Waals surface area contributed by atoms with E-state index in [1.54, 1.807) is 0 Å². The summed E-state index contributed by atoms with van der Waals surface area (Å²) in [6, 6.07) is 98.0. The van der Waals surface area contributed by atoms with Crippen molar-refractivity contribution in [1.82, 2.24) is 0 Å². The van der Waals surface area contributed by atoms with Crippen molar-refractivity contribution in [3.05, 3.63) is 289 Å². The Labute approximate surface area is 436 Å². The lowest BCUT2D eigenvalue weighted by atomic mass is 9.79. The van der Waals surface area contributed by atoms with Crippen LogP contribution in [0.2, 0.25) is 0 Å². The van der Waals surface area contributed by atoms with Crippen LogP contribution in [0, 0.1) is 0 Å². The standard InChI is InChI=1S/C72H56N2/c1-71(2)67-45-61(73(57-33-25-53(26-34-57)49-17-9-5-10-18-49)58-35-27-54(28-36-58)50-19-11-6-12-20-50)41-43-63(67)65-48-70-66(47-69(65)71)64-44-42-62(46-68(64)72(70,3)4)74(59-37-29-55(30-38-59)51-21-13-7-14-22-51)60-39-31-56(32-40-60)52-23-15-8-16-24-52/h5-48H,1-4H3. The van der Waals surface area contributed by atoms with Gasteiger partial charge in [0.25, 0.3) is 0 Å². The highest BCUT2D eigenvalue weighted by Gasteiger charge is 2.42. The number of rotatable bonds is 10. The van der Waals surface area contributed by atoms with Crippen molar-refractivity contribution in [1.29, 1.82) is 0 Å². The lowest BCUT2D eigenvalue weighted by Crippen LogP contribution is -2.18. The van der Waals surface area contributed by atoms with Gasteiger partial charge in [-0.25, -0.2) is 0 Å². The molecule has 11 aromatic carbocycles. The second kappa shape index (κ2) is 17.9. The molecule has 0 fully saturated rings. The normalized spacial score (nSPS) is 13.4. The van der Waals surface area contributed by atoms with E-state index in [9.17, 15) is 0 Å². The molecule has 0 aliphatic heterocycles. The predicted molar refractivity (Wildman–Crippen MR) is 313 cm³/mol. The molecule has 0 N–H and O–H groups in total. The van der Waals surface area contributed by atoms with Crippen molar-refractivity contribution in [2.45, 2.75) is 38.5 Å². The van der Waals surface area contributed by atoms with Crippen LogP contribution in [0.15, 0.2) is 267 Å². The Kier molecular flexibility index (Phi) is 10.9. The predicted octanol–water partition coefficient (Wildman–Crippen LogP) is 19.9. The largest absolute Gasteiger partial charge is 0.310 e. The number of benzene rings is 11. The molecule has 74 heavy (non-hydrogen) atoms. The molecule has 0 saturated carbocycles. The molecule has 354 valence electrons. The highest BCUT2D eigenvalue weighted by Crippen LogP contribution is 2.58. The van der Waals surface area contributed by atoms with Gasteiger partial charge in [-0.05, 0) is 174 Å². The summed E-state index contributed by atoms with van der Waals surface area (Å²) in [5, 5.41) is 0. The SMILES string of the molecule is CC1(C)c2cc(N(c3ccc(-c4ccccc4)cc3)c3ccc(-c4ccccc4)cc3)ccc2-c2cc3c(cc21)-c1ccc(N(c2ccc(-c4ccccc4)cc2)c2ccc(-c4ccccc4)cc2)cc1C3(C)C. The van der Waals surface area contributed by atoms with Crippen LogP contribution in [0.25, 0.3) is 66.8 Å². The van der Waals surface area contributed by atoms with Crippen molar-refractivity contribution in [2.24, 2.45) is 0 Å². The fourth-order valence-electron chi connectivity index (χ4n) is 11.8. The third kappa shape index (κ3) is 7.74. The van der Waals surface area contributed by atoms with Crippen LogP contribution in [0.5, 0.6) is 0 Å². The van der Waals surface area contributed by atoms with Gasteiger partial charge in [0.2, 0.25) is 0 Å². The molecule has 0 heterocycles. The van der Waals surface area contributed by atoms with E-state index < -0.39 is 0 Å². The summed E-state index contributed by atoms with van der Waals surface area (Å²) in [7, 11) is 0. The Hall–Kier alpha value is -8.98. The number of anilines is 6.